The molecule has 0 bridgehead atoms. The third-order valence-electron chi connectivity index (χ3n) is 3.74. The number of aryl methyl sites for hydroxylation is 1. The molecule has 0 saturated carbocycles. The van der Waals surface area contributed by atoms with Gasteiger partial charge in [-0.1, -0.05) is 30.3 Å². The van der Waals surface area contributed by atoms with E-state index in [4.69, 9.17) is 4.74 Å². The van der Waals surface area contributed by atoms with E-state index in [1.54, 1.807) is 7.11 Å². The first-order chi connectivity index (χ1) is 10.7. The van der Waals surface area contributed by atoms with Crippen molar-refractivity contribution in [1.82, 2.24) is 4.57 Å². The van der Waals surface area contributed by atoms with Crippen LogP contribution in [0, 0.1) is 0 Å². The van der Waals surface area contributed by atoms with Gasteiger partial charge in [0.05, 0.1) is 19.3 Å². The van der Waals surface area contributed by atoms with Gasteiger partial charge in [-0.15, -0.1) is 0 Å². The second-order valence-corrected chi connectivity index (χ2v) is 5.15. The minimum absolute atomic E-state index is 0.0581. The van der Waals surface area contributed by atoms with E-state index in [9.17, 15) is 4.79 Å². The number of fused-ring (bicyclic) bond motifs is 1. The number of anilines is 1. The van der Waals surface area contributed by atoms with Crippen molar-refractivity contribution >= 4 is 22.4 Å². The summed E-state index contributed by atoms with van der Waals surface area (Å²) < 4.78 is 7.26. The SMILES string of the molecule is COc1ccccc1NCC(=O)c1cn(C)c2ccccc12. The number of hydrogen-bond donors (Lipinski definition) is 1. The maximum atomic E-state index is 12.5. The minimum atomic E-state index is 0.0581. The number of carbonyl (C=O) groups is 1. The van der Waals surface area contributed by atoms with E-state index in [1.807, 2.05) is 66.3 Å². The second kappa shape index (κ2) is 5.93. The van der Waals surface area contributed by atoms with Crippen LogP contribution in [0.4, 0.5) is 5.69 Å². The van der Waals surface area contributed by atoms with E-state index in [0.717, 1.165) is 27.9 Å². The van der Waals surface area contributed by atoms with E-state index >= 15 is 0 Å². The molecule has 0 amide bonds. The number of methoxy groups -OCH3 is 1. The number of rotatable bonds is 5. The summed E-state index contributed by atoms with van der Waals surface area (Å²) in [6, 6.07) is 15.5. The second-order valence-electron chi connectivity index (χ2n) is 5.15. The molecule has 0 unspecified atom stereocenters. The molecule has 2 aromatic carbocycles. The molecule has 1 N–H and O–H groups in total. The standard InChI is InChI=1S/C18H18N2O2/c1-20-12-14(13-7-3-5-9-16(13)20)17(21)11-19-15-8-4-6-10-18(15)22-2/h3-10,12,19H,11H2,1-2H3. The van der Waals surface area contributed by atoms with Crippen LogP contribution in [0.25, 0.3) is 10.9 Å². The van der Waals surface area contributed by atoms with Gasteiger partial charge in [-0.05, 0) is 18.2 Å². The predicted octanol–water partition coefficient (Wildman–Crippen LogP) is 3.48. The fourth-order valence-corrected chi connectivity index (χ4v) is 2.63. The Kier molecular flexibility index (Phi) is 3.83. The highest BCUT2D eigenvalue weighted by molar-refractivity contribution is 6.09. The minimum Gasteiger partial charge on any atom is -0.495 e. The normalized spacial score (nSPS) is 10.6. The molecule has 22 heavy (non-hydrogen) atoms. The number of ketones is 1. The van der Waals surface area contributed by atoms with Gasteiger partial charge in [-0.3, -0.25) is 4.79 Å². The van der Waals surface area contributed by atoms with Crippen molar-refractivity contribution in [3.63, 3.8) is 0 Å². The quantitative estimate of drug-likeness (QED) is 0.733. The summed E-state index contributed by atoms with van der Waals surface area (Å²) in [4.78, 5) is 12.5. The lowest BCUT2D eigenvalue weighted by Gasteiger charge is -2.09. The third kappa shape index (κ3) is 2.55. The van der Waals surface area contributed by atoms with Gasteiger partial charge in [-0.25, -0.2) is 0 Å². The largest absolute Gasteiger partial charge is 0.495 e. The fraction of sp³-hybridized carbons (Fsp3) is 0.167. The van der Waals surface area contributed by atoms with Crippen molar-refractivity contribution in [1.29, 1.82) is 0 Å². The number of Topliss-reactive ketones (excluding diaryl/α,β-unsaturated/α-hetero) is 1. The van der Waals surface area contributed by atoms with Crippen LogP contribution < -0.4 is 10.1 Å². The van der Waals surface area contributed by atoms with E-state index in [1.165, 1.54) is 0 Å². The van der Waals surface area contributed by atoms with Gasteiger partial charge >= 0.3 is 0 Å². The van der Waals surface area contributed by atoms with Crippen LogP contribution in [0.15, 0.2) is 54.7 Å². The van der Waals surface area contributed by atoms with Gasteiger partial charge in [0.1, 0.15) is 5.75 Å². The Bertz CT molecular complexity index is 821. The van der Waals surface area contributed by atoms with Crippen molar-refractivity contribution in [2.45, 2.75) is 0 Å². The fourth-order valence-electron chi connectivity index (χ4n) is 2.63. The zero-order valence-corrected chi connectivity index (χ0v) is 12.7. The summed E-state index contributed by atoms with van der Waals surface area (Å²) in [6.45, 7) is 0.231. The third-order valence-corrected chi connectivity index (χ3v) is 3.74. The van der Waals surface area contributed by atoms with Gasteiger partial charge in [0.25, 0.3) is 0 Å². The van der Waals surface area contributed by atoms with Gasteiger partial charge < -0.3 is 14.6 Å². The number of ether oxygens (including phenoxy) is 1. The molecule has 0 saturated heterocycles. The van der Waals surface area contributed by atoms with Crippen molar-refractivity contribution in [2.24, 2.45) is 7.05 Å². The number of aromatic nitrogens is 1. The molecule has 112 valence electrons. The van der Waals surface area contributed by atoms with E-state index in [0.29, 0.717) is 0 Å². The Hall–Kier alpha value is -2.75. The smallest absolute Gasteiger partial charge is 0.184 e. The van der Waals surface area contributed by atoms with Crippen LogP contribution in [0.2, 0.25) is 0 Å². The molecule has 0 aliphatic rings. The average Bonchev–Trinajstić information content (AvgIpc) is 2.90. The van der Waals surface area contributed by atoms with Crippen molar-refractivity contribution in [2.75, 3.05) is 19.0 Å². The summed E-state index contributed by atoms with van der Waals surface area (Å²) in [7, 11) is 3.57. The van der Waals surface area contributed by atoms with Crippen LogP contribution >= 0.6 is 0 Å². The molecule has 0 aliphatic heterocycles. The Morgan fingerprint density at radius 3 is 2.68 bits per heavy atom. The highest BCUT2D eigenvalue weighted by Crippen LogP contribution is 2.24. The van der Waals surface area contributed by atoms with E-state index < -0.39 is 0 Å². The summed E-state index contributed by atoms with van der Waals surface area (Å²) >= 11 is 0. The molecule has 0 atom stereocenters. The van der Waals surface area contributed by atoms with Gasteiger partial charge in [-0.2, -0.15) is 0 Å². The molecule has 1 heterocycles. The molecule has 3 aromatic rings. The Labute approximate surface area is 129 Å². The first-order valence-corrected chi connectivity index (χ1v) is 7.15. The molecule has 4 heteroatoms. The number of benzene rings is 2. The highest BCUT2D eigenvalue weighted by atomic mass is 16.5. The lowest BCUT2D eigenvalue weighted by molar-refractivity contribution is 0.101. The Morgan fingerprint density at radius 2 is 1.86 bits per heavy atom. The van der Waals surface area contributed by atoms with Gasteiger partial charge in [0, 0.05) is 29.7 Å². The highest BCUT2D eigenvalue weighted by Gasteiger charge is 2.13. The lowest BCUT2D eigenvalue weighted by Crippen LogP contribution is -2.14. The maximum absolute atomic E-state index is 12.5. The first-order valence-electron chi connectivity index (χ1n) is 7.15. The molecule has 0 spiro atoms. The molecule has 0 radical (unpaired) electrons. The number of nitrogens with one attached hydrogen (secondary N) is 1. The zero-order valence-electron chi connectivity index (χ0n) is 12.7. The summed E-state index contributed by atoms with van der Waals surface area (Å²) in [5, 5.41) is 4.14. The summed E-state index contributed by atoms with van der Waals surface area (Å²) in [5.41, 5.74) is 2.61. The topological polar surface area (TPSA) is 43.3 Å². The monoisotopic (exact) mass is 294 g/mol. The average molecular weight is 294 g/mol. The van der Waals surface area contributed by atoms with Gasteiger partial charge in [0.2, 0.25) is 0 Å². The van der Waals surface area contributed by atoms with Crippen LogP contribution in [0.1, 0.15) is 10.4 Å². The molecule has 3 rings (SSSR count). The molecular formula is C18H18N2O2. The first kappa shape index (κ1) is 14.2. The zero-order chi connectivity index (χ0) is 15.5. The Morgan fingerprint density at radius 1 is 1.14 bits per heavy atom. The number of nitrogens with zero attached hydrogens (tertiary/aromatic N) is 1. The van der Waals surface area contributed by atoms with Crippen LogP contribution in [-0.2, 0) is 7.05 Å². The van der Waals surface area contributed by atoms with Crippen LogP contribution in [-0.4, -0.2) is 24.0 Å². The number of carbonyl (C=O) groups excluding carboxylic acids is 1. The number of para-hydroxylation sites is 3. The van der Waals surface area contributed by atoms with Crippen molar-refractivity contribution in [3.8, 4) is 5.75 Å². The Balaban J connectivity index is 1.82. The summed E-state index contributed by atoms with van der Waals surface area (Å²) in [5.74, 6) is 0.788. The van der Waals surface area contributed by atoms with Crippen LogP contribution in [0.5, 0.6) is 5.75 Å². The molecule has 4 nitrogen and oxygen atoms in total. The van der Waals surface area contributed by atoms with Gasteiger partial charge in [0.15, 0.2) is 5.78 Å². The van der Waals surface area contributed by atoms with E-state index in [-0.39, 0.29) is 12.3 Å². The van der Waals surface area contributed by atoms with E-state index in [2.05, 4.69) is 5.32 Å². The van der Waals surface area contributed by atoms with Crippen molar-refractivity contribution < 1.29 is 9.53 Å². The molecule has 0 aliphatic carbocycles. The maximum Gasteiger partial charge on any atom is 0.184 e. The molecular weight excluding hydrogens is 276 g/mol. The lowest BCUT2D eigenvalue weighted by atomic mass is 10.1. The predicted molar refractivity (Wildman–Crippen MR) is 88.7 cm³/mol. The van der Waals surface area contributed by atoms with Crippen LogP contribution in [0.3, 0.4) is 0 Å². The summed E-state index contributed by atoms with van der Waals surface area (Å²) in [6.07, 6.45) is 1.89. The number of hydrogen-bond acceptors (Lipinski definition) is 3. The van der Waals surface area contributed by atoms with Crippen molar-refractivity contribution in [3.05, 3.63) is 60.3 Å². The molecule has 0 fully saturated rings. The molecule has 1 aromatic heterocycles.